The molecule has 0 spiro atoms. The molecule has 0 unspecified atom stereocenters. The standard InChI is InChI=1S/C19H38O8/c1-2-3-4-5-6-7-8-26-17-9-15(23)18(24)16(27-17)10-25-14-19(11-20,12-21)13-22/h15-18,20-24H,2-14H2,1H3/t15-,16-,17+,18+/m1/s1. The maximum Gasteiger partial charge on any atom is 0.160 e. The van der Waals surface area contributed by atoms with Crippen molar-refractivity contribution in [3.8, 4) is 0 Å². The van der Waals surface area contributed by atoms with Crippen LogP contribution in [0, 0.1) is 5.41 Å². The molecule has 0 saturated carbocycles. The van der Waals surface area contributed by atoms with Gasteiger partial charge in [0.15, 0.2) is 6.29 Å². The average Bonchev–Trinajstić information content (AvgIpc) is 2.68. The number of rotatable bonds is 15. The monoisotopic (exact) mass is 394 g/mol. The smallest absolute Gasteiger partial charge is 0.160 e. The Hall–Kier alpha value is -0.320. The molecule has 0 radical (unpaired) electrons. The molecule has 27 heavy (non-hydrogen) atoms. The van der Waals surface area contributed by atoms with E-state index < -0.39 is 49.8 Å². The minimum Gasteiger partial charge on any atom is -0.396 e. The zero-order valence-electron chi connectivity index (χ0n) is 16.5. The minimum absolute atomic E-state index is 0.0448. The molecule has 8 nitrogen and oxygen atoms in total. The van der Waals surface area contributed by atoms with Crippen LogP contribution in [0.2, 0.25) is 0 Å². The summed E-state index contributed by atoms with van der Waals surface area (Å²) in [7, 11) is 0. The summed E-state index contributed by atoms with van der Waals surface area (Å²) in [6.45, 7) is 1.29. The highest BCUT2D eigenvalue weighted by molar-refractivity contribution is 4.83. The van der Waals surface area contributed by atoms with Gasteiger partial charge in [0, 0.05) is 13.0 Å². The van der Waals surface area contributed by atoms with Crippen LogP contribution < -0.4 is 0 Å². The van der Waals surface area contributed by atoms with Gasteiger partial charge in [0.2, 0.25) is 0 Å². The van der Waals surface area contributed by atoms with Gasteiger partial charge in [0.05, 0.1) is 44.6 Å². The summed E-state index contributed by atoms with van der Waals surface area (Å²) >= 11 is 0. The SMILES string of the molecule is CCCCCCCCO[C@@H]1C[C@@H](O)[C@H](O)[C@@H](COCC(CO)(CO)CO)O1. The molecule has 0 aromatic carbocycles. The Morgan fingerprint density at radius 3 is 2.22 bits per heavy atom. The predicted octanol–water partition coefficient (Wildman–Crippen LogP) is 0.180. The molecule has 0 bridgehead atoms. The molecule has 1 fully saturated rings. The van der Waals surface area contributed by atoms with Crippen molar-refractivity contribution in [3.63, 3.8) is 0 Å². The van der Waals surface area contributed by atoms with E-state index in [4.69, 9.17) is 14.2 Å². The molecule has 0 aliphatic carbocycles. The summed E-state index contributed by atoms with van der Waals surface area (Å²) in [5, 5.41) is 48.0. The van der Waals surface area contributed by atoms with E-state index in [1.165, 1.54) is 25.7 Å². The molecule has 4 atom stereocenters. The van der Waals surface area contributed by atoms with Gasteiger partial charge in [0.25, 0.3) is 0 Å². The van der Waals surface area contributed by atoms with Gasteiger partial charge in [-0.05, 0) is 6.42 Å². The van der Waals surface area contributed by atoms with Gasteiger partial charge < -0.3 is 39.7 Å². The highest BCUT2D eigenvalue weighted by Crippen LogP contribution is 2.23. The Labute approximate surface area is 162 Å². The first kappa shape index (κ1) is 24.7. The summed E-state index contributed by atoms with van der Waals surface area (Å²) in [4.78, 5) is 0. The number of hydrogen-bond donors (Lipinski definition) is 5. The minimum atomic E-state index is -1.15. The van der Waals surface area contributed by atoms with Crippen LogP contribution in [-0.4, -0.2) is 89.8 Å². The van der Waals surface area contributed by atoms with Crippen LogP contribution >= 0.6 is 0 Å². The third kappa shape index (κ3) is 8.70. The van der Waals surface area contributed by atoms with E-state index in [2.05, 4.69) is 6.92 Å². The van der Waals surface area contributed by atoms with E-state index in [9.17, 15) is 25.5 Å². The van der Waals surface area contributed by atoms with E-state index in [1.807, 2.05) is 0 Å². The topological polar surface area (TPSA) is 129 Å². The zero-order chi connectivity index (χ0) is 20.1. The van der Waals surface area contributed by atoms with Crippen molar-refractivity contribution in [2.75, 3.05) is 39.6 Å². The molecule has 0 amide bonds. The molecular weight excluding hydrogens is 356 g/mol. The van der Waals surface area contributed by atoms with Crippen LogP contribution in [0.15, 0.2) is 0 Å². The first-order chi connectivity index (χ1) is 13.0. The number of aliphatic hydroxyl groups excluding tert-OH is 5. The Bertz CT molecular complexity index is 355. The number of hydrogen-bond acceptors (Lipinski definition) is 8. The summed E-state index contributed by atoms with van der Waals surface area (Å²) in [6, 6.07) is 0. The van der Waals surface area contributed by atoms with Gasteiger partial charge in [-0.2, -0.15) is 0 Å². The Balaban J connectivity index is 2.33. The molecule has 1 saturated heterocycles. The largest absolute Gasteiger partial charge is 0.396 e. The van der Waals surface area contributed by atoms with Crippen molar-refractivity contribution in [1.29, 1.82) is 0 Å². The predicted molar refractivity (Wildman–Crippen MR) is 99.1 cm³/mol. The molecule has 1 aliphatic rings. The summed E-state index contributed by atoms with van der Waals surface area (Å²) < 4.78 is 16.8. The third-order valence-electron chi connectivity index (χ3n) is 5.03. The molecule has 162 valence electrons. The lowest BCUT2D eigenvalue weighted by atomic mass is 9.92. The van der Waals surface area contributed by atoms with Crippen LogP contribution in [0.5, 0.6) is 0 Å². The van der Waals surface area contributed by atoms with Gasteiger partial charge in [0.1, 0.15) is 12.2 Å². The van der Waals surface area contributed by atoms with Gasteiger partial charge >= 0.3 is 0 Å². The van der Waals surface area contributed by atoms with Crippen LogP contribution in [-0.2, 0) is 14.2 Å². The Kier molecular flexibility index (Phi) is 12.6. The van der Waals surface area contributed by atoms with Crippen LogP contribution in [0.3, 0.4) is 0 Å². The lowest BCUT2D eigenvalue weighted by molar-refractivity contribution is -0.261. The van der Waals surface area contributed by atoms with E-state index in [-0.39, 0.29) is 19.6 Å². The van der Waals surface area contributed by atoms with E-state index in [1.54, 1.807) is 0 Å². The molecule has 8 heteroatoms. The van der Waals surface area contributed by atoms with Crippen molar-refractivity contribution in [2.45, 2.75) is 76.5 Å². The summed E-state index contributed by atoms with van der Waals surface area (Å²) in [5.41, 5.74) is -1.15. The van der Waals surface area contributed by atoms with Crippen LogP contribution in [0.25, 0.3) is 0 Å². The second kappa shape index (κ2) is 13.8. The van der Waals surface area contributed by atoms with E-state index in [0.29, 0.717) is 6.61 Å². The summed E-state index contributed by atoms with van der Waals surface area (Å²) in [5.74, 6) is 0. The average molecular weight is 395 g/mol. The Morgan fingerprint density at radius 1 is 0.963 bits per heavy atom. The lowest BCUT2D eigenvalue weighted by Gasteiger charge is -2.37. The number of unbranched alkanes of at least 4 members (excludes halogenated alkanes) is 5. The van der Waals surface area contributed by atoms with Crippen LogP contribution in [0.4, 0.5) is 0 Å². The van der Waals surface area contributed by atoms with Crippen molar-refractivity contribution >= 4 is 0 Å². The third-order valence-corrected chi connectivity index (χ3v) is 5.03. The fourth-order valence-electron chi connectivity index (χ4n) is 2.94. The molecule has 1 rings (SSSR count). The second-order valence-electron chi connectivity index (χ2n) is 7.53. The normalized spacial score (nSPS) is 26.4. The Morgan fingerprint density at radius 2 is 1.59 bits per heavy atom. The summed E-state index contributed by atoms with van der Waals surface area (Å²) in [6.07, 6.45) is 3.64. The maximum atomic E-state index is 10.1. The fraction of sp³-hybridized carbons (Fsp3) is 1.00. The molecular formula is C19H38O8. The fourth-order valence-corrected chi connectivity index (χ4v) is 2.94. The van der Waals surface area contributed by atoms with Gasteiger partial charge in [-0.15, -0.1) is 0 Å². The zero-order valence-corrected chi connectivity index (χ0v) is 16.5. The number of ether oxygens (including phenoxy) is 3. The molecule has 1 heterocycles. The molecule has 0 aromatic rings. The molecule has 0 aromatic heterocycles. The van der Waals surface area contributed by atoms with Crippen molar-refractivity contribution in [1.82, 2.24) is 0 Å². The highest BCUT2D eigenvalue weighted by atomic mass is 16.7. The van der Waals surface area contributed by atoms with Crippen molar-refractivity contribution in [2.24, 2.45) is 5.41 Å². The quantitative estimate of drug-likeness (QED) is 0.249. The lowest BCUT2D eigenvalue weighted by Crippen LogP contribution is -2.51. The second-order valence-corrected chi connectivity index (χ2v) is 7.53. The first-order valence-corrected chi connectivity index (χ1v) is 10.1. The van der Waals surface area contributed by atoms with Gasteiger partial charge in [-0.3, -0.25) is 0 Å². The highest BCUT2D eigenvalue weighted by Gasteiger charge is 2.38. The van der Waals surface area contributed by atoms with E-state index in [0.717, 1.165) is 12.8 Å². The van der Waals surface area contributed by atoms with Gasteiger partial charge in [-0.1, -0.05) is 39.0 Å². The van der Waals surface area contributed by atoms with E-state index >= 15 is 0 Å². The maximum absolute atomic E-state index is 10.1. The van der Waals surface area contributed by atoms with Crippen LogP contribution in [0.1, 0.15) is 51.9 Å². The van der Waals surface area contributed by atoms with Crippen molar-refractivity contribution < 1.29 is 39.7 Å². The first-order valence-electron chi connectivity index (χ1n) is 10.1. The van der Waals surface area contributed by atoms with Gasteiger partial charge in [-0.25, -0.2) is 0 Å². The molecule has 1 aliphatic heterocycles. The number of aliphatic hydroxyl groups is 5. The van der Waals surface area contributed by atoms with Crippen molar-refractivity contribution in [3.05, 3.63) is 0 Å². The molecule has 5 N–H and O–H groups in total.